The van der Waals surface area contributed by atoms with E-state index in [9.17, 15) is 0 Å². The van der Waals surface area contributed by atoms with Gasteiger partial charge >= 0.3 is 0 Å². The molecule has 11 rings (SSSR count). The third-order valence-corrected chi connectivity index (χ3v) is 10.4. The molecule has 262 valence electrons. The van der Waals surface area contributed by atoms with E-state index < -0.39 is 0 Å². The molecular weight excluding hydrogens is 689 g/mol. The van der Waals surface area contributed by atoms with Crippen molar-refractivity contribution in [2.45, 2.75) is 0 Å². The summed E-state index contributed by atoms with van der Waals surface area (Å²) in [6.07, 6.45) is 3.67. The topological polar surface area (TPSA) is 77.8 Å². The molecule has 0 aliphatic rings. The van der Waals surface area contributed by atoms with E-state index in [0.717, 1.165) is 93.9 Å². The molecule has 7 aromatic carbocycles. The molecule has 4 aromatic heterocycles. The molecule has 0 atom stereocenters. The maximum Gasteiger partial charge on any atom is 0.164 e. The van der Waals surface area contributed by atoms with E-state index >= 15 is 0 Å². The van der Waals surface area contributed by atoms with Gasteiger partial charge in [0.2, 0.25) is 0 Å². The lowest BCUT2D eigenvalue weighted by atomic mass is 9.95. The van der Waals surface area contributed by atoms with Gasteiger partial charge < -0.3 is 8.83 Å². The lowest BCUT2D eigenvalue weighted by molar-refractivity contribution is 0.669. The van der Waals surface area contributed by atoms with Crippen LogP contribution in [0.3, 0.4) is 0 Å². The average Bonchev–Trinajstić information content (AvgIpc) is 3.85. The Morgan fingerprint density at radius 1 is 0.321 bits per heavy atom. The fourth-order valence-corrected chi connectivity index (χ4v) is 7.72. The van der Waals surface area contributed by atoms with Gasteiger partial charge in [-0.3, -0.25) is 4.98 Å². The highest BCUT2D eigenvalue weighted by molar-refractivity contribution is 6.13. The smallest absolute Gasteiger partial charge is 0.164 e. The number of rotatable bonds is 6. The SMILES string of the molecule is c1ccc(-c2nc(-c3cc(-c4cccnc4)cc(-c4cccc5c4oc4c(-c6ccccc6)cccc45)c3)nc(-c3ccc4c(c3)oc3ccccc34)n2)cc1. The minimum atomic E-state index is 0.550. The minimum absolute atomic E-state index is 0.550. The summed E-state index contributed by atoms with van der Waals surface area (Å²) in [4.78, 5) is 19.8. The Morgan fingerprint density at radius 2 is 0.893 bits per heavy atom. The van der Waals surface area contributed by atoms with Crippen LogP contribution in [0.25, 0.3) is 111 Å². The lowest BCUT2D eigenvalue weighted by Gasteiger charge is -2.12. The van der Waals surface area contributed by atoms with Gasteiger partial charge in [-0.2, -0.15) is 0 Å². The molecule has 4 heterocycles. The first-order valence-electron chi connectivity index (χ1n) is 18.5. The van der Waals surface area contributed by atoms with Gasteiger partial charge in [0, 0.05) is 67.3 Å². The summed E-state index contributed by atoms with van der Waals surface area (Å²) in [5, 5.41) is 4.25. The number of furan rings is 2. The summed E-state index contributed by atoms with van der Waals surface area (Å²) in [5.41, 5.74) is 11.9. The summed E-state index contributed by atoms with van der Waals surface area (Å²) in [6.45, 7) is 0. The largest absolute Gasteiger partial charge is 0.456 e. The zero-order chi connectivity index (χ0) is 37.0. The number of nitrogens with zero attached hydrogens (tertiary/aromatic N) is 4. The predicted molar refractivity (Wildman–Crippen MR) is 225 cm³/mol. The van der Waals surface area contributed by atoms with Crippen molar-refractivity contribution in [3.63, 3.8) is 0 Å². The molecule has 11 aromatic rings. The maximum absolute atomic E-state index is 6.86. The van der Waals surface area contributed by atoms with Crippen LogP contribution in [0.1, 0.15) is 0 Å². The van der Waals surface area contributed by atoms with Crippen LogP contribution in [0.2, 0.25) is 0 Å². The van der Waals surface area contributed by atoms with Gasteiger partial charge in [-0.25, -0.2) is 15.0 Å². The van der Waals surface area contributed by atoms with Gasteiger partial charge in [0.25, 0.3) is 0 Å². The second-order valence-electron chi connectivity index (χ2n) is 13.9. The highest BCUT2D eigenvalue weighted by Gasteiger charge is 2.19. The second-order valence-corrected chi connectivity index (χ2v) is 13.9. The second kappa shape index (κ2) is 13.0. The van der Waals surface area contributed by atoms with Crippen molar-refractivity contribution < 1.29 is 8.83 Å². The van der Waals surface area contributed by atoms with Crippen LogP contribution in [-0.4, -0.2) is 19.9 Å². The Labute approximate surface area is 321 Å². The van der Waals surface area contributed by atoms with Crippen LogP contribution in [0.4, 0.5) is 0 Å². The van der Waals surface area contributed by atoms with Crippen molar-refractivity contribution in [1.29, 1.82) is 0 Å². The standard InChI is InChI=1S/C50H30N4O2/c1-3-12-31(13-4-1)38-18-9-20-42-43-21-10-19-39(47(43)56-46(38)42)36-26-35(34-16-11-25-51-30-34)27-37(28-36)50-53-48(32-14-5-2-6-15-32)52-49(54-50)33-23-24-41-40-17-7-8-22-44(40)55-45(41)29-33/h1-30H. The maximum atomic E-state index is 6.86. The summed E-state index contributed by atoms with van der Waals surface area (Å²) in [7, 11) is 0. The Hall–Kier alpha value is -7.70. The van der Waals surface area contributed by atoms with Crippen LogP contribution in [0.15, 0.2) is 191 Å². The van der Waals surface area contributed by atoms with Crippen LogP contribution in [0, 0.1) is 0 Å². The molecule has 0 N–H and O–H groups in total. The Bertz CT molecular complexity index is 3240. The number of fused-ring (bicyclic) bond motifs is 6. The molecule has 0 saturated carbocycles. The fraction of sp³-hybridized carbons (Fsp3) is 0. The number of pyridine rings is 1. The summed E-state index contributed by atoms with van der Waals surface area (Å²) in [6, 6.07) is 57.9. The number of hydrogen-bond donors (Lipinski definition) is 0. The first-order valence-corrected chi connectivity index (χ1v) is 18.5. The number of benzene rings is 7. The summed E-state index contributed by atoms with van der Waals surface area (Å²) >= 11 is 0. The lowest BCUT2D eigenvalue weighted by Crippen LogP contribution is -2.00. The molecule has 0 unspecified atom stereocenters. The molecule has 56 heavy (non-hydrogen) atoms. The molecule has 6 nitrogen and oxygen atoms in total. The van der Waals surface area contributed by atoms with Crippen LogP contribution >= 0.6 is 0 Å². The van der Waals surface area contributed by atoms with E-state index in [1.165, 1.54) is 0 Å². The van der Waals surface area contributed by atoms with Gasteiger partial charge in [-0.05, 0) is 59.2 Å². The van der Waals surface area contributed by atoms with Gasteiger partial charge in [0.1, 0.15) is 22.3 Å². The van der Waals surface area contributed by atoms with E-state index in [4.69, 9.17) is 23.8 Å². The molecule has 0 amide bonds. The van der Waals surface area contributed by atoms with E-state index in [2.05, 4.69) is 108 Å². The van der Waals surface area contributed by atoms with E-state index in [0.29, 0.717) is 17.5 Å². The third kappa shape index (κ3) is 5.43. The first kappa shape index (κ1) is 31.8. The van der Waals surface area contributed by atoms with Crippen molar-refractivity contribution in [1.82, 2.24) is 19.9 Å². The van der Waals surface area contributed by atoms with Crippen molar-refractivity contribution in [3.8, 4) is 67.5 Å². The van der Waals surface area contributed by atoms with Crippen molar-refractivity contribution in [2.75, 3.05) is 0 Å². The summed E-state index contributed by atoms with van der Waals surface area (Å²) < 4.78 is 13.1. The number of hydrogen-bond acceptors (Lipinski definition) is 6. The van der Waals surface area contributed by atoms with E-state index in [1.807, 2.05) is 72.9 Å². The van der Waals surface area contributed by atoms with Crippen molar-refractivity contribution >= 4 is 43.9 Å². The third-order valence-electron chi connectivity index (χ3n) is 10.4. The van der Waals surface area contributed by atoms with Crippen molar-refractivity contribution in [2.24, 2.45) is 0 Å². The van der Waals surface area contributed by atoms with Gasteiger partial charge in [0.15, 0.2) is 17.5 Å². The summed E-state index contributed by atoms with van der Waals surface area (Å²) in [5.74, 6) is 1.68. The number of para-hydroxylation sites is 3. The minimum Gasteiger partial charge on any atom is -0.456 e. The average molecular weight is 719 g/mol. The van der Waals surface area contributed by atoms with Crippen LogP contribution in [-0.2, 0) is 0 Å². The molecule has 0 aliphatic carbocycles. The Balaban J connectivity index is 1.13. The number of aromatic nitrogens is 4. The molecule has 0 saturated heterocycles. The fourth-order valence-electron chi connectivity index (χ4n) is 7.72. The predicted octanol–water partition coefficient (Wildman–Crippen LogP) is 13.1. The zero-order valence-corrected chi connectivity index (χ0v) is 29.9. The van der Waals surface area contributed by atoms with Crippen LogP contribution < -0.4 is 0 Å². The Kier molecular flexibility index (Phi) is 7.38. The Morgan fingerprint density at radius 3 is 1.62 bits per heavy atom. The first-order chi connectivity index (χ1) is 27.7. The highest BCUT2D eigenvalue weighted by atomic mass is 16.3. The normalized spacial score (nSPS) is 11.6. The molecule has 0 fully saturated rings. The molecular formula is C50H30N4O2. The molecule has 6 heteroatoms. The highest BCUT2D eigenvalue weighted by Crippen LogP contribution is 2.42. The molecule has 0 spiro atoms. The molecule has 0 radical (unpaired) electrons. The zero-order valence-electron chi connectivity index (χ0n) is 29.9. The monoisotopic (exact) mass is 718 g/mol. The molecule has 0 aliphatic heterocycles. The van der Waals surface area contributed by atoms with E-state index in [-0.39, 0.29) is 0 Å². The molecule has 0 bridgehead atoms. The quantitative estimate of drug-likeness (QED) is 0.170. The van der Waals surface area contributed by atoms with Gasteiger partial charge in [0.05, 0.1) is 0 Å². The van der Waals surface area contributed by atoms with E-state index in [1.54, 1.807) is 6.20 Å². The van der Waals surface area contributed by atoms with Crippen molar-refractivity contribution in [3.05, 3.63) is 182 Å². The van der Waals surface area contributed by atoms with Gasteiger partial charge in [-0.1, -0.05) is 127 Å². The van der Waals surface area contributed by atoms with Crippen LogP contribution in [0.5, 0.6) is 0 Å². The van der Waals surface area contributed by atoms with Gasteiger partial charge in [-0.15, -0.1) is 0 Å².